The van der Waals surface area contributed by atoms with E-state index in [1.807, 2.05) is 6.92 Å². The van der Waals surface area contributed by atoms with Gasteiger partial charge in [-0.25, -0.2) is 28.7 Å². The number of rotatable bonds is 6. The average Bonchev–Trinajstić information content (AvgIpc) is 3.31. The Balaban J connectivity index is 1.38. The van der Waals surface area contributed by atoms with Crippen LogP contribution in [-0.2, 0) is 11.3 Å². The number of halogens is 2. The summed E-state index contributed by atoms with van der Waals surface area (Å²) in [6, 6.07) is 0.118. The van der Waals surface area contributed by atoms with Crippen LogP contribution >= 0.6 is 0 Å². The van der Waals surface area contributed by atoms with Crippen LogP contribution < -0.4 is 5.32 Å². The highest BCUT2D eigenvalue weighted by atomic mass is 19.3. The first-order valence-corrected chi connectivity index (χ1v) is 11.0. The largest absolute Gasteiger partial charge is 0.351 e. The van der Waals surface area contributed by atoms with Crippen molar-refractivity contribution in [1.29, 1.82) is 0 Å². The SMILES string of the molecule is Cc1nc2ncc(-c3c[nH]c4nc(N[C@H]5C[C@](C)(C(=O)N(C)C)C5)ncc34)nc2n1CC(F)F. The lowest BCUT2D eigenvalue weighted by Crippen LogP contribution is -2.52. The van der Waals surface area contributed by atoms with Gasteiger partial charge in [-0.2, -0.15) is 4.98 Å². The van der Waals surface area contributed by atoms with Gasteiger partial charge >= 0.3 is 0 Å². The number of hydrogen-bond acceptors (Lipinski definition) is 7. The van der Waals surface area contributed by atoms with Gasteiger partial charge in [0.15, 0.2) is 11.3 Å². The molecule has 4 aromatic rings. The minimum absolute atomic E-state index is 0.118. The van der Waals surface area contributed by atoms with Gasteiger partial charge in [-0.05, 0) is 19.8 Å². The highest BCUT2D eigenvalue weighted by Crippen LogP contribution is 2.43. The summed E-state index contributed by atoms with van der Waals surface area (Å²) in [6.45, 7) is 3.13. The Morgan fingerprint density at radius 3 is 2.74 bits per heavy atom. The number of anilines is 1. The predicted molar refractivity (Wildman–Crippen MR) is 122 cm³/mol. The molecule has 0 aliphatic heterocycles. The van der Waals surface area contributed by atoms with Crippen LogP contribution in [0.2, 0.25) is 0 Å². The van der Waals surface area contributed by atoms with Gasteiger partial charge in [0.1, 0.15) is 11.5 Å². The average molecular weight is 470 g/mol. The molecule has 0 spiro atoms. The van der Waals surface area contributed by atoms with Crippen LogP contribution in [0.1, 0.15) is 25.6 Å². The van der Waals surface area contributed by atoms with Gasteiger partial charge in [0.2, 0.25) is 11.9 Å². The molecule has 1 fully saturated rings. The van der Waals surface area contributed by atoms with Gasteiger partial charge in [0, 0.05) is 43.5 Å². The number of nitrogens with one attached hydrogen (secondary N) is 2. The number of aromatic amines is 1. The van der Waals surface area contributed by atoms with Gasteiger partial charge in [-0.15, -0.1) is 0 Å². The molecule has 0 unspecified atom stereocenters. The van der Waals surface area contributed by atoms with E-state index in [1.165, 1.54) is 4.57 Å². The molecule has 4 heterocycles. The van der Waals surface area contributed by atoms with Gasteiger partial charge in [0.25, 0.3) is 6.43 Å². The number of carbonyl (C=O) groups excluding carboxylic acids is 1. The van der Waals surface area contributed by atoms with Crippen LogP contribution in [0.3, 0.4) is 0 Å². The molecular formula is C22H25F2N9O. The molecule has 1 amide bonds. The molecule has 1 aliphatic rings. The highest BCUT2D eigenvalue weighted by molar-refractivity contribution is 5.93. The molecule has 178 valence electrons. The normalized spacial score (nSPS) is 20.1. The van der Waals surface area contributed by atoms with Crippen molar-refractivity contribution in [3.8, 4) is 11.3 Å². The number of nitrogens with zero attached hydrogens (tertiary/aromatic N) is 7. The number of alkyl halides is 2. The van der Waals surface area contributed by atoms with Crippen LogP contribution in [0.5, 0.6) is 0 Å². The third-order valence-corrected chi connectivity index (χ3v) is 6.33. The molecule has 0 bridgehead atoms. The first-order chi connectivity index (χ1) is 16.1. The Bertz CT molecular complexity index is 1390. The van der Waals surface area contributed by atoms with E-state index in [-0.39, 0.29) is 17.4 Å². The van der Waals surface area contributed by atoms with E-state index in [2.05, 4.69) is 35.2 Å². The Morgan fingerprint density at radius 2 is 2.03 bits per heavy atom. The lowest BCUT2D eigenvalue weighted by Gasteiger charge is -2.45. The monoisotopic (exact) mass is 469 g/mol. The van der Waals surface area contributed by atoms with E-state index >= 15 is 0 Å². The van der Waals surface area contributed by atoms with Crippen molar-refractivity contribution in [2.45, 2.75) is 45.7 Å². The number of hydrogen-bond donors (Lipinski definition) is 2. The van der Waals surface area contributed by atoms with Gasteiger partial charge < -0.3 is 19.8 Å². The minimum Gasteiger partial charge on any atom is -0.351 e. The maximum Gasteiger partial charge on any atom is 0.256 e. The second-order valence-electron chi connectivity index (χ2n) is 9.23. The van der Waals surface area contributed by atoms with Crippen molar-refractivity contribution in [2.75, 3.05) is 19.4 Å². The number of fused-ring (bicyclic) bond motifs is 2. The summed E-state index contributed by atoms with van der Waals surface area (Å²) >= 11 is 0. The maximum atomic E-state index is 13.0. The van der Waals surface area contributed by atoms with Crippen LogP contribution in [0.4, 0.5) is 14.7 Å². The number of aryl methyl sites for hydroxylation is 1. The van der Waals surface area contributed by atoms with Gasteiger partial charge in [-0.1, -0.05) is 6.92 Å². The number of amides is 1. The Hall–Kier alpha value is -3.70. The van der Waals surface area contributed by atoms with Crippen LogP contribution in [0, 0.1) is 12.3 Å². The molecule has 0 radical (unpaired) electrons. The Morgan fingerprint density at radius 1 is 1.26 bits per heavy atom. The van der Waals surface area contributed by atoms with Crippen molar-refractivity contribution < 1.29 is 13.6 Å². The number of aromatic nitrogens is 7. The zero-order valence-electron chi connectivity index (χ0n) is 19.3. The lowest BCUT2D eigenvalue weighted by atomic mass is 9.66. The fourth-order valence-electron chi connectivity index (χ4n) is 4.70. The first-order valence-electron chi connectivity index (χ1n) is 11.0. The molecule has 4 aromatic heterocycles. The molecule has 5 rings (SSSR count). The highest BCUT2D eigenvalue weighted by Gasteiger charge is 2.47. The van der Waals surface area contributed by atoms with Gasteiger partial charge in [0.05, 0.1) is 23.9 Å². The summed E-state index contributed by atoms with van der Waals surface area (Å²) in [4.78, 5) is 39.2. The molecule has 1 saturated carbocycles. The standard InChI is InChI=1S/C22H25F2N9O/c1-11-28-18-19(33(11)10-16(23)24)30-15(9-26-18)13-7-25-17-14(13)8-27-21(31-17)29-12-5-22(2,6-12)20(34)32(3)4/h7-9,12,16H,5-6,10H2,1-4H3,(H2,25,27,29,31)/t12-,22-. The summed E-state index contributed by atoms with van der Waals surface area (Å²) in [5, 5.41) is 4.03. The molecule has 12 heteroatoms. The Labute approximate surface area is 193 Å². The summed E-state index contributed by atoms with van der Waals surface area (Å²) in [6.07, 6.45) is 3.89. The summed E-state index contributed by atoms with van der Waals surface area (Å²) in [5.74, 6) is 1.03. The smallest absolute Gasteiger partial charge is 0.256 e. The van der Waals surface area contributed by atoms with Crippen LogP contribution in [0.25, 0.3) is 33.6 Å². The van der Waals surface area contributed by atoms with Crippen molar-refractivity contribution >= 4 is 34.2 Å². The summed E-state index contributed by atoms with van der Waals surface area (Å²) < 4.78 is 27.4. The molecule has 0 saturated heterocycles. The quantitative estimate of drug-likeness (QED) is 0.446. The molecule has 0 aromatic carbocycles. The predicted octanol–water partition coefficient (Wildman–Crippen LogP) is 3.01. The van der Waals surface area contributed by atoms with Crippen LogP contribution in [-0.4, -0.2) is 71.8 Å². The number of carbonyl (C=O) groups is 1. The van der Waals surface area contributed by atoms with Gasteiger partial charge in [-0.3, -0.25) is 4.79 Å². The van der Waals surface area contributed by atoms with Crippen molar-refractivity contribution in [1.82, 2.24) is 39.4 Å². The fourth-order valence-corrected chi connectivity index (χ4v) is 4.70. The van der Waals surface area contributed by atoms with Crippen molar-refractivity contribution in [3.05, 3.63) is 24.4 Å². The zero-order chi connectivity index (χ0) is 24.2. The molecule has 1 aliphatic carbocycles. The topological polar surface area (TPSA) is 118 Å². The fraction of sp³-hybridized carbons (Fsp3) is 0.455. The molecule has 34 heavy (non-hydrogen) atoms. The minimum atomic E-state index is -2.52. The second kappa shape index (κ2) is 7.96. The van der Waals surface area contributed by atoms with E-state index < -0.39 is 13.0 Å². The zero-order valence-corrected chi connectivity index (χ0v) is 19.3. The Kier molecular flexibility index (Phi) is 5.18. The second-order valence-corrected chi connectivity index (χ2v) is 9.23. The molecule has 2 N–H and O–H groups in total. The number of imidazole rings is 1. The maximum absolute atomic E-state index is 13.0. The van der Waals surface area contributed by atoms with E-state index in [1.54, 1.807) is 44.5 Å². The third-order valence-electron chi connectivity index (χ3n) is 6.33. The van der Waals surface area contributed by atoms with Crippen molar-refractivity contribution in [2.24, 2.45) is 5.41 Å². The van der Waals surface area contributed by atoms with E-state index in [4.69, 9.17) is 0 Å². The summed E-state index contributed by atoms with van der Waals surface area (Å²) in [5.41, 5.74) is 2.10. The van der Waals surface area contributed by atoms with Crippen LogP contribution in [0.15, 0.2) is 18.6 Å². The number of H-pyrrole nitrogens is 1. The van der Waals surface area contributed by atoms with E-state index in [0.717, 1.165) is 5.39 Å². The van der Waals surface area contributed by atoms with Crippen molar-refractivity contribution in [3.63, 3.8) is 0 Å². The van der Waals surface area contributed by atoms with E-state index in [9.17, 15) is 13.6 Å². The molecule has 0 atom stereocenters. The lowest BCUT2D eigenvalue weighted by molar-refractivity contribution is -0.143. The van der Waals surface area contributed by atoms with E-state index in [0.29, 0.717) is 52.8 Å². The molecular weight excluding hydrogens is 444 g/mol. The first kappa shape index (κ1) is 22.1. The molecule has 10 nitrogen and oxygen atoms in total. The third kappa shape index (κ3) is 3.72. The summed E-state index contributed by atoms with van der Waals surface area (Å²) in [7, 11) is 3.54.